The second-order valence-electron chi connectivity index (χ2n) is 4.94. The van der Waals surface area contributed by atoms with Crippen molar-refractivity contribution in [3.63, 3.8) is 0 Å². The third-order valence-corrected chi connectivity index (χ3v) is 4.45. The standard InChI is InChI=1S/C15H22N2O2S/c1-2-20-11-12-5-3-6-13(9-12)16-15(19)17-8-4-7-14(17)10-18/h3,5-6,9,14,18H,2,4,7-8,10-11H2,1H3,(H,16,19). The normalized spacial score (nSPS) is 18.3. The third-order valence-electron chi connectivity index (χ3n) is 3.50. The molecule has 0 saturated carbocycles. The van der Waals surface area contributed by atoms with Crippen LogP contribution in [-0.2, 0) is 5.75 Å². The minimum Gasteiger partial charge on any atom is -0.394 e. The number of aliphatic hydroxyl groups excluding tert-OH is 1. The second-order valence-corrected chi connectivity index (χ2v) is 6.21. The molecule has 0 aliphatic carbocycles. The molecule has 1 saturated heterocycles. The largest absolute Gasteiger partial charge is 0.394 e. The molecule has 1 aromatic rings. The Hall–Kier alpha value is -1.20. The van der Waals surface area contributed by atoms with Gasteiger partial charge >= 0.3 is 6.03 Å². The molecule has 0 aromatic heterocycles. The molecule has 1 atom stereocenters. The molecule has 1 heterocycles. The van der Waals surface area contributed by atoms with Crippen LogP contribution < -0.4 is 5.32 Å². The number of carbonyl (C=O) groups is 1. The minimum atomic E-state index is -0.109. The Kier molecular flexibility index (Phi) is 5.73. The Labute approximate surface area is 124 Å². The molecule has 4 nitrogen and oxygen atoms in total. The summed E-state index contributed by atoms with van der Waals surface area (Å²) < 4.78 is 0. The van der Waals surface area contributed by atoms with Gasteiger partial charge in [0.1, 0.15) is 0 Å². The van der Waals surface area contributed by atoms with Crippen molar-refractivity contribution < 1.29 is 9.90 Å². The highest BCUT2D eigenvalue weighted by Gasteiger charge is 2.27. The number of hydrogen-bond acceptors (Lipinski definition) is 3. The fraction of sp³-hybridized carbons (Fsp3) is 0.533. The number of aliphatic hydroxyl groups is 1. The quantitative estimate of drug-likeness (QED) is 0.878. The van der Waals surface area contributed by atoms with E-state index in [0.717, 1.165) is 36.6 Å². The van der Waals surface area contributed by atoms with Gasteiger partial charge in [-0.15, -0.1) is 0 Å². The number of likely N-dealkylation sites (tertiary alicyclic amines) is 1. The fourth-order valence-corrected chi connectivity index (χ4v) is 3.07. The summed E-state index contributed by atoms with van der Waals surface area (Å²) in [6.45, 7) is 2.90. The van der Waals surface area contributed by atoms with Gasteiger partial charge in [0.05, 0.1) is 12.6 Å². The van der Waals surface area contributed by atoms with E-state index in [9.17, 15) is 9.90 Å². The topological polar surface area (TPSA) is 52.6 Å². The fourth-order valence-electron chi connectivity index (χ4n) is 2.45. The van der Waals surface area contributed by atoms with E-state index in [-0.39, 0.29) is 18.7 Å². The smallest absolute Gasteiger partial charge is 0.322 e. The Morgan fingerprint density at radius 1 is 1.55 bits per heavy atom. The van der Waals surface area contributed by atoms with Crippen LogP contribution in [0.1, 0.15) is 25.3 Å². The van der Waals surface area contributed by atoms with E-state index in [1.54, 1.807) is 4.90 Å². The molecule has 5 heteroatoms. The van der Waals surface area contributed by atoms with Crippen molar-refractivity contribution in [3.05, 3.63) is 29.8 Å². The van der Waals surface area contributed by atoms with Crippen LogP contribution in [0.3, 0.4) is 0 Å². The number of carbonyl (C=O) groups excluding carboxylic acids is 1. The summed E-state index contributed by atoms with van der Waals surface area (Å²) in [6, 6.07) is 7.82. The van der Waals surface area contributed by atoms with E-state index in [1.165, 1.54) is 5.56 Å². The van der Waals surface area contributed by atoms with Crippen LogP contribution in [0.2, 0.25) is 0 Å². The summed E-state index contributed by atoms with van der Waals surface area (Å²) in [7, 11) is 0. The zero-order valence-corrected chi connectivity index (χ0v) is 12.7. The van der Waals surface area contributed by atoms with Crippen LogP contribution in [0.15, 0.2) is 24.3 Å². The number of hydrogen-bond donors (Lipinski definition) is 2. The Balaban J connectivity index is 1.97. The molecule has 0 radical (unpaired) electrons. The Bertz CT molecular complexity index is 453. The number of benzene rings is 1. The first kappa shape index (κ1) is 15.2. The van der Waals surface area contributed by atoms with Crippen molar-refractivity contribution in [1.29, 1.82) is 0 Å². The van der Waals surface area contributed by atoms with Crippen molar-refractivity contribution >= 4 is 23.5 Å². The first-order chi connectivity index (χ1) is 9.74. The number of nitrogens with one attached hydrogen (secondary N) is 1. The molecule has 0 bridgehead atoms. The first-order valence-corrected chi connectivity index (χ1v) is 8.25. The second kappa shape index (κ2) is 7.55. The predicted molar refractivity (Wildman–Crippen MR) is 84.1 cm³/mol. The van der Waals surface area contributed by atoms with Crippen molar-refractivity contribution in [2.75, 3.05) is 24.2 Å². The summed E-state index contributed by atoms with van der Waals surface area (Å²) in [5.74, 6) is 2.05. The number of nitrogens with zero attached hydrogens (tertiary/aromatic N) is 1. The van der Waals surface area contributed by atoms with E-state index in [1.807, 2.05) is 30.0 Å². The van der Waals surface area contributed by atoms with Gasteiger partial charge in [0, 0.05) is 18.0 Å². The maximum Gasteiger partial charge on any atom is 0.322 e. The Morgan fingerprint density at radius 2 is 2.40 bits per heavy atom. The van der Waals surface area contributed by atoms with E-state index < -0.39 is 0 Å². The number of amides is 2. The number of thioether (sulfide) groups is 1. The highest BCUT2D eigenvalue weighted by molar-refractivity contribution is 7.98. The minimum absolute atomic E-state index is 0.0335. The van der Waals surface area contributed by atoms with Crippen molar-refractivity contribution in [2.24, 2.45) is 0 Å². The molecular formula is C15H22N2O2S. The molecular weight excluding hydrogens is 272 g/mol. The van der Waals surface area contributed by atoms with Crippen LogP contribution in [0.25, 0.3) is 0 Å². The molecule has 1 unspecified atom stereocenters. The van der Waals surface area contributed by atoms with Gasteiger partial charge < -0.3 is 15.3 Å². The highest BCUT2D eigenvalue weighted by Crippen LogP contribution is 2.20. The van der Waals surface area contributed by atoms with Crippen LogP contribution in [0.5, 0.6) is 0 Å². The molecule has 20 heavy (non-hydrogen) atoms. The molecule has 1 fully saturated rings. The van der Waals surface area contributed by atoms with Crippen LogP contribution >= 0.6 is 11.8 Å². The monoisotopic (exact) mass is 294 g/mol. The molecule has 2 rings (SSSR count). The van der Waals surface area contributed by atoms with Gasteiger partial charge in [0.15, 0.2) is 0 Å². The predicted octanol–water partition coefficient (Wildman–Crippen LogP) is 2.93. The van der Waals surface area contributed by atoms with Crippen molar-refractivity contribution in [3.8, 4) is 0 Å². The van der Waals surface area contributed by atoms with Gasteiger partial charge in [-0.2, -0.15) is 11.8 Å². The summed E-state index contributed by atoms with van der Waals surface area (Å²) >= 11 is 1.86. The SMILES string of the molecule is CCSCc1cccc(NC(=O)N2CCCC2CO)c1. The number of anilines is 1. The highest BCUT2D eigenvalue weighted by atomic mass is 32.2. The zero-order chi connectivity index (χ0) is 14.4. The van der Waals surface area contributed by atoms with Crippen LogP contribution in [-0.4, -0.2) is 41.0 Å². The van der Waals surface area contributed by atoms with Gasteiger partial charge in [0.25, 0.3) is 0 Å². The molecule has 110 valence electrons. The number of urea groups is 1. The van der Waals surface area contributed by atoms with Gasteiger partial charge in [-0.05, 0) is 36.3 Å². The zero-order valence-electron chi connectivity index (χ0n) is 11.8. The molecule has 1 aliphatic rings. The van der Waals surface area contributed by atoms with E-state index in [4.69, 9.17) is 0 Å². The maximum absolute atomic E-state index is 12.2. The van der Waals surface area contributed by atoms with Crippen LogP contribution in [0, 0.1) is 0 Å². The lowest BCUT2D eigenvalue weighted by molar-refractivity contribution is 0.166. The summed E-state index contributed by atoms with van der Waals surface area (Å²) in [5, 5.41) is 12.2. The van der Waals surface area contributed by atoms with Gasteiger partial charge in [-0.3, -0.25) is 0 Å². The van der Waals surface area contributed by atoms with Gasteiger partial charge in [-0.1, -0.05) is 19.1 Å². The first-order valence-electron chi connectivity index (χ1n) is 7.09. The average molecular weight is 294 g/mol. The molecule has 2 amide bonds. The van der Waals surface area contributed by atoms with E-state index in [2.05, 4.69) is 18.3 Å². The molecule has 1 aliphatic heterocycles. The summed E-state index contributed by atoms with van der Waals surface area (Å²) in [4.78, 5) is 13.9. The Morgan fingerprint density at radius 3 is 3.15 bits per heavy atom. The van der Waals surface area contributed by atoms with Gasteiger partial charge in [-0.25, -0.2) is 4.79 Å². The van der Waals surface area contributed by atoms with Crippen molar-refractivity contribution in [2.45, 2.75) is 31.6 Å². The summed E-state index contributed by atoms with van der Waals surface area (Å²) in [6.07, 6.45) is 1.85. The van der Waals surface area contributed by atoms with E-state index in [0.29, 0.717) is 0 Å². The third kappa shape index (κ3) is 3.90. The maximum atomic E-state index is 12.2. The lowest BCUT2D eigenvalue weighted by Crippen LogP contribution is -2.40. The summed E-state index contributed by atoms with van der Waals surface area (Å²) in [5.41, 5.74) is 2.04. The van der Waals surface area contributed by atoms with Crippen LogP contribution in [0.4, 0.5) is 10.5 Å². The molecule has 1 aromatic carbocycles. The van der Waals surface area contributed by atoms with Gasteiger partial charge in [0.2, 0.25) is 0 Å². The number of rotatable bonds is 5. The average Bonchev–Trinajstić information content (AvgIpc) is 2.94. The van der Waals surface area contributed by atoms with Crippen molar-refractivity contribution in [1.82, 2.24) is 4.90 Å². The lowest BCUT2D eigenvalue weighted by atomic mass is 10.2. The van der Waals surface area contributed by atoms with E-state index >= 15 is 0 Å². The molecule has 2 N–H and O–H groups in total. The molecule has 0 spiro atoms. The lowest BCUT2D eigenvalue weighted by Gasteiger charge is -2.23.